The number of methoxy groups -OCH3 is 1. The predicted molar refractivity (Wildman–Crippen MR) is 30.5 cm³/mol. The van der Waals surface area contributed by atoms with Gasteiger partial charge in [0.2, 0.25) is 0 Å². The Hall–Kier alpha value is -1.13. The Morgan fingerprint density at radius 1 is 1.78 bits per heavy atom. The molecule has 5 nitrogen and oxygen atoms in total. The molecule has 2 N–H and O–H groups in total. The summed E-state index contributed by atoms with van der Waals surface area (Å²) in [7, 11) is 1.28. The summed E-state index contributed by atoms with van der Waals surface area (Å²) in [5.41, 5.74) is 0. The third-order valence-electron chi connectivity index (χ3n) is 0.782. The lowest BCUT2D eigenvalue weighted by molar-refractivity contribution is -0.141. The molecule has 0 aromatic heterocycles. The molecule has 1 atom stereocenters. The van der Waals surface area contributed by atoms with E-state index < -0.39 is 12.0 Å². The molecule has 0 amide bonds. The van der Waals surface area contributed by atoms with Gasteiger partial charge in [-0.25, -0.2) is 4.79 Å². The molecule has 0 saturated carbocycles. The number of ether oxygens (including phenoxy) is 1. The summed E-state index contributed by atoms with van der Waals surface area (Å²) >= 11 is 0. The topological polar surface area (TPSA) is 77.0 Å². The van der Waals surface area contributed by atoms with E-state index in [1.807, 2.05) is 0 Å². The first kappa shape index (κ1) is 7.87. The van der Waals surface area contributed by atoms with Crippen LogP contribution >= 0.6 is 0 Å². The van der Waals surface area contributed by atoms with Crippen LogP contribution in [0, 0.1) is 0 Å². The van der Waals surface area contributed by atoms with E-state index in [1.54, 1.807) is 6.92 Å². The van der Waals surface area contributed by atoms with Gasteiger partial charge >= 0.3 is 5.97 Å². The van der Waals surface area contributed by atoms with Crippen LogP contribution in [0.3, 0.4) is 0 Å². The molecule has 0 spiro atoms. The number of hydrogen-bond donors (Lipinski definition) is 1. The van der Waals surface area contributed by atoms with E-state index in [2.05, 4.69) is 20.9 Å². The van der Waals surface area contributed by atoms with Crippen LogP contribution in [-0.2, 0) is 9.53 Å². The number of carbonyl (C=O) groups excluding carboxylic acids is 1. The highest BCUT2D eigenvalue weighted by Gasteiger charge is 2.09. The van der Waals surface area contributed by atoms with Crippen molar-refractivity contribution in [2.24, 2.45) is 16.2 Å². The van der Waals surface area contributed by atoms with Gasteiger partial charge < -0.3 is 10.6 Å². The Balaban J connectivity index is 3.72. The van der Waals surface area contributed by atoms with Crippen molar-refractivity contribution in [3.63, 3.8) is 0 Å². The van der Waals surface area contributed by atoms with Crippen LogP contribution in [0.2, 0.25) is 0 Å². The van der Waals surface area contributed by atoms with E-state index >= 15 is 0 Å². The molecule has 0 aromatic carbocycles. The van der Waals surface area contributed by atoms with Gasteiger partial charge in [0.15, 0.2) is 6.04 Å². The van der Waals surface area contributed by atoms with Crippen molar-refractivity contribution >= 4 is 5.97 Å². The molecule has 0 saturated heterocycles. The van der Waals surface area contributed by atoms with Crippen molar-refractivity contribution in [1.82, 2.24) is 0 Å². The maximum atomic E-state index is 10.5. The number of carbonyl (C=O) groups is 1. The summed E-state index contributed by atoms with van der Waals surface area (Å²) in [6, 6.07) is -0.597. The molecule has 0 aromatic rings. The average molecular weight is 131 g/mol. The van der Waals surface area contributed by atoms with E-state index in [9.17, 15) is 4.79 Å². The Morgan fingerprint density at radius 3 is 2.67 bits per heavy atom. The van der Waals surface area contributed by atoms with Crippen molar-refractivity contribution in [1.29, 1.82) is 0 Å². The number of nitrogens with two attached hydrogens (primary N) is 1. The van der Waals surface area contributed by atoms with Crippen molar-refractivity contribution in [3.05, 3.63) is 0 Å². The number of hydrogen-bond acceptors (Lipinski definition) is 4. The van der Waals surface area contributed by atoms with Crippen molar-refractivity contribution in [2.75, 3.05) is 7.11 Å². The molecule has 9 heavy (non-hydrogen) atoms. The Labute approximate surface area is 52.9 Å². The smallest absolute Gasteiger partial charge is 0.332 e. The lowest BCUT2D eigenvalue weighted by Gasteiger charge is -1.98. The zero-order chi connectivity index (χ0) is 7.28. The van der Waals surface area contributed by atoms with Crippen LogP contribution in [0.15, 0.2) is 10.3 Å². The molecule has 5 heteroatoms. The largest absolute Gasteiger partial charge is 0.467 e. The summed E-state index contributed by atoms with van der Waals surface area (Å²) < 4.78 is 4.32. The van der Waals surface area contributed by atoms with Crippen LogP contribution in [0.1, 0.15) is 6.92 Å². The second kappa shape index (κ2) is 3.82. The van der Waals surface area contributed by atoms with E-state index in [0.29, 0.717) is 0 Å². The third kappa shape index (κ3) is 2.63. The van der Waals surface area contributed by atoms with Gasteiger partial charge in [-0.05, 0) is 6.92 Å². The zero-order valence-electron chi connectivity index (χ0n) is 5.37. The fourth-order valence-electron chi connectivity index (χ4n) is 0.318. The molecule has 0 radical (unpaired) electrons. The average Bonchev–Trinajstić information content (AvgIpc) is 1.87. The van der Waals surface area contributed by atoms with E-state index in [0.717, 1.165) is 0 Å². The number of esters is 1. The molecule has 0 heterocycles. The first-order chi connectivity index (χ1) is 4.22. The molecular formula is C4H9N3O2. The van der Waals surface area contributed by atoms with Crippen LogP contribution < -0.4 is 5.84 Å². The predicted octanol–water partition coefficient (Wildman–Crippen LogP) is -0.126. The molecule has 52 valence electrons. The van der Waals surface area contributed by atoms with Gasteiger partial charge in [-0.3, -0.25) is 0 Å². The van der Waals surface area contributed by atoms with Gasteiger partial charge in [0.1, 0.15) is 0 Å². The van der Waals surface area contributed by atoms with Crippen LogP contribution in [0.5, 0.6) is 0 Å². The molecule has 1 unspecified atom stereocenters. The highest BCUT2D eigenvalue weighted by Crippen LogP contribution is 1.90. The zero-order valence-corrected chi connectivity index (χ0v) is 5.37. The molecular weight excluding hydrogens is 122 g/mol. The molecule has 0 aliphatic heterocycles. The van der Waals surface area contributed by atoms with Crippen LogP contribution in [0.25, 0.3) is 0 Å². The lowest BCUT2D eigenvalue weighted by atomic mass is 10.4. The Kier molecular flexibility index (Phi) is 3.34. The minimum atomic E-state index is -0.597. The van der Waals surface area contributed by atoms with Crippen molar-refractivity contribution < 1.29 is 9.53 Å². The van der Waals surface area contributed by atoms with Gasteiger partial charge in [-0.2, -0.15) is 5.11 Å². The van der Waals surface area contributed by atoms with Crippen LogP contribution in [0.4, 0.5) is 0 Å². The van der Waals surface area contributed by atoms with E-state index in [1.165, 1.54) is 7.11 Å². The molecule has 0 fully saturated rings. The molecule has 0 rings (SSSR count). The maximum Gasteiger partial charge on any atom is 0.332 e. The molecule has 0 bridgehead atoms. The SMILES string of the molecule is COC(=O)C(C)N=NN. The standard InChI is InChI=1S/C4H9N3O2/c1-3(6-7-5)4(8)9-2/h3H,1-2H3,(H2,5,6). The third-order valence-corrected chi connectivity index (χ3v) is 0.782. The summed E-state index contributed by atoms with van der Waals surface area (Å²) in [4.78, 5) is 10.5. The lowest BCUT2D eigenvalue weighted by Crippen LogP contribution is -2.15. The summed E-state index contributed by atoms with van der Waals surface area (Å²) in [6.45, 7) is 1.54. The maximum absolute atomic E-state index is 10.5. The summed E-state index contributed by atoms with van der Waals surface area (Å²) in [5, 5.41) is 6.25. The van der Waals surface area contributed by atoms with Gasteiger partial charge in [-0.15, -0.1) is 0 Å². The first-order valence-corrected chi connectivity index (χ1v) is 2.40. The monoisotopic (exact) mass is 131 g/mol. The highest BCUT2D eigenvalue weighted by molar-refractivity contribution is 5.75. The number of nitrogens with zero attached hydrogens (tertiary/aromatic N) is 2. The van der Waals surface area contributed by atoms with Gasteiger partial charge in [-0.1, -0.05) is 5.22 Å². The van der Waals surface area contributed by atoms with Gasteiger partial charge in [0, 0.05) is 0 Å². The van der Waals surface area contributed by atoms with E-state index in [4.69, 9.17) is 0 Å². The van der Waals surface area contributed by atoms with Crippen molar-refractivity contribution in [2.45, 2.75) is 13.0 Å². The first-order valence-electron chi connectivity index (χ1n) is 2.40. The molecule has 0 aliphatic carbocycles. The Bertz CT molecular complexity index is 123. The van der Waals surface area contributed by atoms with Crippen LogP contribution in [-0.4, -0.2) is 19.1 Å². The quantitative estimate of drug-likeness (QED) is 0.245. The second-order valence-corrected chi connectivity index (χ2v) is 1.43. The minimum absolute atomic E-state index is 0.441. The summed E-state index contributed by atoms with van der Waals surface area (Å²) in [5.74, 6) is 4.23. The van der Waals surface area contributed by atoms with Gasteiger partial charge in [0.05, 0.1) is 7.11 Å². The normalized spacial score (nSPS) is 13.6. The highest BCUT2D eigenvalue weighted by atomic mass is 16.5. The second-order valence-electron chi connectivity index (χ2n) is 1.43. The fourth-order valence-corrected chi connectivity index (χ4v) is 0.318. The summed E-state index contributed by atoms with van der Waals surface area (Å²) in [6.07, 6.45) is 0. The minimum Gasteiger partial charge on any atom is -0.467 e. The van der Waals surface area contributed by atoms with Crippen molar-refractivity contribution in [3.8, 4) is 0 Å². The van der Waals surface area contributed by atoms with Gasteiger partial charge in [0.25, 0.3) is 0 Å². The Morgan fingerprint density at radius 2 is 2.33 bits per heavy atom. The van der Waals surface area contributed by atoms with E-state index in [-0.39, 0.29) is 0 Å². The number of rotatable bonds is 2. The fraction of sp³-hybridized carbons (Fsp3) is 0.750. The molecule has 0 aliphatic rings.